The van der Waals surface area contributed by atoms with Gasteiger partial charge < -0.3 is 10.4 Å². The Hall–Kier alpha value is -1.16. The van der Waals surface area contributed by atoms with Crippen molar-refractivity contribution in [1.29, 1.82) is 0 Å². The molecule has 0 saturated carbocycles. The first-order chi connectivity index (χ1) is 7.75. The van der Waals surface area contributed by atoms with Gasteiger partial charge in [0.15, 0.2) is 0 Å². The SMILES string of the molecule is O=C(NCc1cccc(O)c1)C1CCSC1. The van der Waals surface area contributed by atoms with E-state index in [0.29, 0.717) is 6.54 Å². The molecule has 1 heterocycles. The zero-order valence-electron chi connectivity index (χ0n) is 8.98. The van der Waals surface area contributed by atoms with Gasteiger partial charge in [0, 0.05) is 18.2 Å². The molecule has 1 amide bonds. The standard InChI is InChI=1S/C12H15NO2S/c14-11-3-1-2-9(6-11)7-13-12(15)10-4-5-16-8-10/h1-3,6,10,14H,4-5,7-8H2,(H,13,15). The van der Waals surface area contributed by atoms with Gasteiger partial charge in [-0.25, -0.2) is 0 Å². The molecule has 1 atom stereocenters. The zero-order chi connectivity index (χ0) is 11.4. The van der Waals surface area contributed by atoms with Crippen molar-refractivity contribution in [2.24, 2.45) is 5.92 Å². The first-order valence-corrected chi connectivity index (χ1v) is 6.54. The smallest absolute Gasteiger partial charge is 0.224 e. The molecule has 16 heavy (non-hydrogen) atoms. The Labute approximate surface area is 99.2 Å². The number of aromatic hydroxyl groups is 1. The molecule has 4 heteroatoms. The Morgan fingerprint density at radius 2 is 2.44 bits per heavy atom. The number of benzene rings is 1. The highest BCUT2D eigenvalue weighted by Crippen LogP contribution is 2.23. The maximum atomic E-state index is 11.7. The minimum absolute atomic E-state index is 0.133. The van der Waals surface area contributed by atoms with E-state index in [0.717, 1.165) is 23.5 Å². The molecular formula is C12H15NO2S. The van der Waals surface area contributed by atoms with Gasteiger partial charge in [0.25, 0.3) is 0 Å². The maximum Gasteiger partial charge on any atom is 0.224 e. The number of hydrogen-bond acceptors (Lipinski definition) is 3. The average molecular weight is 237 g/mol. The molecule has 3 nitrogen and oxygen atoms in total. The van der Waals surface area contributed by atoms with Gasteiger partial charge in [0.05, 0.1) is 0 Å². The summed E-state index contributed by atoms with van der Waals surface area (Å²) in [5.41, 5.74) is 0.930. The number of amides is 1. The van der Waals surface area contributed by atoms with Gasteiger partial charge in [0.1, 0.15) is 5.75 Å². The molecule has 0 radical (unpaired) electrons. The van der Waals surface area contributed by atoms with Crippen LogP contribution in [0.3, 0.4) is 0 Å². The van der Waals surface area contributed by atoms with Crippen molar-refractivity contribution in [3.8, 4) is 5.75 Å². The molecule has 2 N–H and O–H groups in total. The third kappa shape index (κ3) is 2.92. The van der Waals surface area contributed by atoms with Gasteiger partial charge in [0.2, 0.25) is 5.91 Å². The van der Waals surface area contributed by atoms with E-state index in [4.69, 9.17) is 0 Å². The van der Waals surface area contributed by atoms with E-state index in [1.54, 1.807) is 18.2 Å². The van der Waals surface area contributed by atoms with Crippen molar-refractivity contribution >= 4 is 17.7 Å². The van der Waals surface area contributed by atoms with E-state index in [-0.39, 0.29) is 17.6 Å². The van der Waals surface area contributed by atoms with Crippen LogP contribution in [0.1, 0.15) is 12.0 Å². The summed E-state index contributed by atoms with van der Waals surface area (Å²) in [5.74, 6) is 2.56. The Morgan fingerprint density at radius 1 is 1.56 bits per heavy atom. The third-order valence-electron chi connectivity index (χ3n) is 2.68. The Bertz CT molecular complexity index is 375. The summed E-state index contributed by atoms with van der Waals surface area (Å²) in [6, 6.07) is 6.97. The van der Waals surface area contributed by atoms with Gasteiger partial charge in [-0.1, -0.05) is 12.1 Å². The molecule has 2 rings (SSSR count). The zero-order valence-corrected chi connectivity index (χ0v) is 9.80. The highest BCUT2D eigenvalue weighted by molar-refractivity contribution is 7.99. The molecule has 1 aliphatic rings. The molecule has 1 unspecified atom stereocenters. The molecule has 1 aromatic rings. The van der Waals surface area contributed by atoms with Crippen molar-refractivity contribution in [3.63, 3.8) is 0 Å². The van der Waals surface area contributed by atoms with Gasteiger partial charge in [-0.2, -0.15) is 11.8 Å². The number of carbonyl (C=O) groups excluding carboxylic acids is 1. The van der Waals surface area contributed by atoms with Crippen LogP contribution in [0.2, 0.25) is 0 Å². The number of phenols is 1. The van der Waals surface area contributed by atoms with Crippen molar-refractivity contribution in [3.05, 3.63) is 29.8 Å². The second-order valence-corrected chi connectivity index (χ2v) is 5.10. The Morgan fingerprint density at radius 3 is 3.12 bits per heavy atom. The summed E-state index contributed by atoms with van der Waals surface area (Å²) >= 11 is 1.83. The second-order valence-electron chi connectivity index (χ2n) is 3.95. The van der Waals surface area contributed by atoms with Crippen LogP contribution in [-0.2, 0) is 11.3 Å². The predicted octanol–water partition coefficient (Wildman–Crippen LogP) is 1.76. The Balaban J connectivity index is 1.84. The fraction of sp³-hybridized carbons (Fsp3) is 0.417. The van der Waals surface area contributed by atoms with Crippen LogP contribution < -0.4 is 5.32 Å². The number of hydrogen-bond donors (Lipinski definition) is 2. The summed E-state index contributed by atoms with van der Waals surface area (Å²) in [6.45, 7) is 0.494. The molecular weight excluding hydrogens is 222 g/mol. The van der Waals surface area contributed by atoms with Crippen LogP contribution >= 0.6 is 11.8 Å². The molecule has 0 aromatic heterocycles. The fourth-order valence-corrected chi connectivity index (χ4v) is 2.96. The van der Waals surface area contributed by atoms with Crippen LogP contribution in [0, 0.1) is 5.92 Å². The number of thioether (sulfide) groups is 1. The normalized spacial score (nSPS) is 19.6. The summed E-state index contributed by atoms with van der Waals surface area (Å²) in [7, 11) is 0. The molecule has 1 saturated heterocycles. The lowest BCUT2D eigenvalue weighted by atomic mass is 10.1. The molecule has 1 aromatic carbocycles. The fourth-order valence-electron chi connectivity index (χ4n) is 1.74. The van der Waals surface area contributed by atoms with Crippen LogP contribution in [0.25, 0.3) is 0 Å². The number of nitrogens with one attached hydrogen (secondary N) is 1. The molecule has 1 aliphatic heterocycles. The van der Waals surface area contributed by atoms with E-state index >= 15 is 0 Å². The van der Waals surface area contributed by atoms with E-state index < -0.39 is 0 Å². The summed E-state index contributed by atoms with van der Waals surface area (Å²) < 4.78 is 0. The molecule has 0 bridgehead atoms. The molecule has 0 aliphatic carbocycles. The number of phenolic OH excluding ortho intramolecular Hbond substituents is 1. The lowest BCUT2D eigenvalue weighted by Gasteiger charge is -2.09. The summed E-state index contributed by atoms with van der Waals surface area (Å²) in [6.07, 6.45) is 0.983. The van der Waals surface area contributed by atoms with Crippen LogP contribution in [0.5, 0.6) is 5.75 Å². The summed E-state index contributed by atoms with van der Waals surface area (Å²) in [5, 5.41) is 12.2. The van der Waals surface area contributed by atoms with E-state index in [1.165, 1.54) is 0 Å². The van der Waals surface area contributed by atoms with Crippen molar-refractivity contribution in [1.82, 2.24) is 5.32 Å². The van der Waals surface area contributed by atoms with Gasteiger partial charge in [-0.15, -0.1) is 0 Å². The van der Waals surface area contributed by atoms with E-state index in [1.807, 2.05) is 17.8 Å². The van der Waals surface area contributed by atoms with Gasteiger partial charge in [-0.05, 0) is 29.9 Å². The largest absolute Gasteiger partial charge is 0.508 e. The minimum Gasteiger partial charge on any atom is -0.508 e. The topological polar surface area (TPSA) is 49.3 Å². The molecule has 1 fully saturated rings. The van der Waals surface area contributed by atoms with Crippen molar-refractivity contribution in [2.45, 2.75) is 13.0 Å². The number of rotatable bonds is 3. The van der Waals surface area contributed by atoms with E-state index in [9.17, 15) is 9.90 Å². The first-order valence-electron chi connectivity index (χ1n) is 5.39. The quantitative estimate of drug-likeness (QED) is 0.842. The molecule has 86 valence electrons. The lowest BCUT2D eigenvalue weighted by molar-refractivity contribution is -0.124. The maximum absolute atomic E-state index is 11.7. The van der Waals surface area contributed by atoms with Gasteiger partial charge >= 0.3 is 0 Å². The third-order valence-corrected chi connectivity index (χ3v) is 3.84. The first kappa shape index (κ1) is 11.3. The highest BCUT2D eigenvalue weighted by atomic mass is 32.2. The predicted molar refractivity (Wildman–Crippen MR) is 65.4 cm³/mol. The van der Waals surface area contributed by atoms with Crippen LogP contribution in [-0.4, -0.2) is 22.5 Å². The molecule has 0 spiro atoms. The minimum atomic E-state index is 0.133. The summed E-state index contributed by atoms with van der Waals surface area (Å²) in [4.78, 5) is 11.7. The van der Waals surface area contributed by atoms with Crippen molar-refractivity contribution < 1.29 is 9.90 Å². The van der Waals surface area contributed by atoms with Crippen molar-refractivity contribution in [2.75, 3.05) is 11.5 Å². The Kier molecular flexibility index (Phi) is 3.72. The lowest BCUT2D eigenvalue weighted by Crippen LogP contribution is -2.30. The average Bonchev–Trinajstić information content (AvgIpc) is 2.79. The highest BCUT2D eigenvalue weighted by Gasteiger charge is 2.22. The van der Waals surface area contributed by atoms with Gasteiger partial charge in [-0.3, -0.25) is 4.79 Å². The van der Waals surface area contributed by atoms with E-state index in [2.05, 4.69) is 5.32 Å². The number of carbonyl (C=O) groups is 1. The van der Waals surface area contributed by atoms with Crippen LogP contribution in [0.15, 0.2) is 24.3 Å². The second kappa shape index (κ2) is 5.25. The van der Waals surface area contributed by atoms with Crippen LogP contribution in [0.4, 0.5) is 0 Å². The monoisotopic (exact) mass is 237 g/mol.